The second-order valence-electron chi connectivity index (χ2n) is 12.5. The number of amides is 1. The zero-order valence-corrected chi connectivity index (χ0v) is 24.2. The highest BCUT2D eigenvalue weighted by molar-refractivity contribution is 6.74. The van der Waals surface area contributed by atoms with Crippen molar-refractivity contribution in [1.29, 1.82) is 0 Å². The summed E-state index contributed by atoms with van der Waals surface area (Å²) < 4.78 is 12.2. The molecule has 36 heavy (non-hydrogen) atoms. The molecular weight excluding hydrogens is 462 g/mol. The molecule has 0 bridgehead atoms. The van der Waals surface area contributed by atoms with Crippen molar-refractivity contribution in [2.75, 3.05) is 26.8 Å². The molecule has 1 amide bonds. The van der Waals surface area contributed by atoms with Crippen LogP contribution in [0.5, 0.6) is 5.75 Å². The molecule has 1 aliphatic carbocycles. The maximum atomic E-state index is 14.1. The van der Waals surface area contributed by atoms with Crippen molar-refractivity contribution in [1.82, 2.24) is 4.90 Å². The first-order valence-electron chi connectivity index (χ1n) is 13.7. The van der Waals surface area contributed by atoms with Crippen LogP contribution in [0.3, 0.4) is 0 Å². The highest BCUT2D eigenvalue weighted by Crippen LogP contribution is 2.46. The number of methoxy groups -OCH3 is 1. The lowest BCUT2D eigenvalue weighted by atomic mass is 9.72. The van der Waals surface area contributed by atoms with Gasteiger partial charge in [0.05, 0.1) is 12.5 Å². The SMILES string of the molecule is COc1ccc(C2(C(=O)N3CCC(CO[Si](C)(C)C(C)(C)C)(c4ccccc4)CC3)CCCC2)cc1. The van der Waals surface area contributed by atoms with Gasteiger partial charge < -0.3 is 14.1 Å². The van der Waals surface area contributed by atoms with Crippen molar-refractivity contribution >= 4 is 14.2 Å². The van der Waals surface area contributed by atoms with E-state index in [0.29, 0.717) is 5.91 Å². The second kappa shape index (κ2) is 10.3. The molecule has 0 aromatic heterocycles. The summed E-state index contributed by atoms with van der Waals surface area (Å²) in [5.41, 5.74) is 2.06. The molecule has 1 saturated carbocycles. The number of carbonyl (C=O) groups excluding carboxylic acids is 1. The average Bonchev–Trinajstić information content (AvgIpc) is 3.39. The van der Waals surface area contributed by atoms with Gasteiger partial charge in [0.2, 0.25) is 5.91 Å². The average molecular weight is 508 g/mol. The van der Waals surface area contributed by atoms with Crippen LogP contribution in [0.15, 0.2) is 54.6 Å². The fourth-order valence-electron chi connectivity index (χ4n) is 5.80. The number of ether oxygens (including phenoxy) is 1. The zero-order valence-electron chi connectivity index (χ0n) is 23.2. The molecule has 0 spiro atoms. The first-order chi connectivity index (χ1) is 17.0. The van der Waals surface area contributed by atoms with E-state index in [9.17, 15) is 4.79 Å². The molecule has 1 aliphatic heterocycles. The van der Waals surface area contributed by atoms with Gasteiger partial charge in [-0.1, -0.05) is 76.1 Å². The molecule has 196 valence electrons. The molecule has 5 heteroatoms. The Morgan fingerprint density at radius 2 is 1.47 bits per heavy atom. The highest BCUT2D eigenvalue weighted by Gasteiger charge is 2.48. The minimum Gasteiger partial charge on any atom is -0.497 e. The van der Waals surface area contributed by atoms with E-state index in [1.54, 1.807) is 7.11 Å². The smallest absolute Gasteiger partial charge is 0.233 e. The van der Waals surface area contributed by atoms with Gasteiger partial charge in [0.15, 0.2) is 8.32 Å². The largest absolute Gasteiger partial charge is 0.497 e. The molecule has 2 aromatic carbocycles. The highest BCUT2D eigenvalue weighted by atomic mass is 28.4. The van der Waals surface area contributed by atoms with E-state index in [1.165, 1.54) is 5.56 Å². The summed E-state index contributed by atoms with van der Waals surface area (Å²) in [5, 5.41) is 0.175. The van der Waals surface area contributed by atoms with Crippen LogP contribution in [-0.4, -0.2) is 45.9 Å². The Bertz CT molecular complexity index is 1010. The summed E-state index contributed by atoms with van der Waals surface area (Å²) in [6.07, 6.45) is 5.98. The summed E-state index contributed by atoms with van der Waals surface area (Å²) in [6, 6.07) is 19.1. The van der Waals surface area contributed by atoms with Gasteiger partial charge in [0.25, 0.3) is 0 Å². The fraction of sp³-hybridized carbons (Fsp3) is 0.581. The number of carbonyl (C=O) groups is 1. The number of hydrogen-bond donors (Lipinski definition) is 0. The van der Waals surface area contributed by atoms with Crippen LogP contribution in [0.25, 0.3) is 0 Å². The van der Waals surface area contributed by atoms with Gasteiger partial charge in [-0.05, 0) is 67.1 Å². The topological polar surface area (TPSA) is 38.8 Å². The van der Waals surface area contributed by atoms with Gasteiger partial charge in [0.1, 0.15) is 5.75 Å². The summed E-state index contributed by atoms with van der Waals surface area (Å²) in [7, 11) is -0.196. The second-order valence-corrected chi connectivity index (χ2v) is 17.3. The lowest BCUT2D eigenvalue weighted by Crippen LogP contribution is -2.54. The van der Waals surface area contributed by atoms with E-state index >= 15 is 0 Å². The monoisotopic (exact) mass is 507 g/mol. The molecule has 1 heterocycles. The third-order valence-electron chi connectivity index (χ3n) is 9.42. The van der Waals surface area contributed by atoms with Crippen molar-refractivity contribution in [2.45, 2.75) is 88.3 Å². The summed E-state index contributed by atoms with van der Waals surface area (Å²) in [6.45, 7) is 13.9. The van der Waals surface area contributed by atoms with E-state index in [4.69, 9.17) is 9.16 Å². The van der Waals surface area contributed by atoms with Crippen molar-refractivity contribution in [3.8, 4) is 5.75 Å². The number of rotatable bonds is 7. The Kier molecular flexibility index (Phi) is 7.73. The van der Waals surface area contributed by atoms with E-state index < -0.39 is 13.7 Å². The number of likely N-dealkylation sites (tertiary alicyclic amines) is 1. The number of hydrogen-bond acceptors (Lipinski definition) is 3. The molecule has 2 aliphatic rings. The maximum absolute atomic E-state index is 14.1. The van der Waals surface area contributed by atoms with E-state index in [-0.39, 0.29) is 10.5 Å². The first-order valence-corrected chi connectivity index (χ1v) is 16.6. The van der Waals surface area contributed by atoms with Crippen molar-refractivity contribution in [2.24, 2.45) is 0 Å². The number of piperidine rings is 1. The Morgan fingerprint density at radius 1 is 0.889 bits per heavy atom. The van der Waals surface area contributed by atoms with Crippen LogP contribution >= 0.6 is 0 Å². The van der Waals surface area contributed by atoms with Crippen LogP contribution in [0.1, 0.15) is 70.4 Å². The van der Waals surface area contributed by atoms with Gasteiger partial charge >= 0.3 is 0 Å². The summed E-state index contributed by atoms with van der Waals surface area (Å²) in [4.78, 5) is 16.3. The van der Waals surface area contributed by atoms with Gasteiger partial charge in [-0.2, -0.15) is 0 Å². The molecule has 0 radical (unpaired) electrons. The van der Waals surface area contributed by atoms with Crippen LogP contribution in [0, 0.1) is 0 Å². The van der Waals surface area contributed by atoms with Crippen LogP contribution < -0.4 is 4.74 Å². The van der Waals surface area contributed by atoms with Gasteiger partial charge in [0, 0.05) is 25.1 Å². The molecular formula is C31H45NO3Si. The van der Waals surface area contributed by atoms with Crippen molar-refractivity contribution in [3.63, 3.8) is 0 Å². The molecule has 0 N–H and O–H groups in total. The predicted octanol–water partition coefficient (Wildman–Crippen LogP) is 7.09. The Labute approximate surface area is 219 Å². The quantitative estimate of drug-likeness (QED) is 0.376. The van der Waals surface area contributed by atoms with Crippen LogP contribution in [-0.2, 0) is 20.1 Å². The number of benzene rings is 2. The maximum Gasteiger partial charge on any atom is 0.233 e. The van der Waals surface area contributed by atoms with E-state index in [0.717, 1.165) is 69.5 Å². The molecule has 4 rings (SSSR count). The Balaban J connectivity index is 1.55. The first kappa shape index (κ1) is 26.9. The summed E-state index contributed by atoms with van der Waals surface area (Å²) in [5.74, 6) is 1.16. The van der Waals surface area contributed by atoms with Crippen LogP contribution in [0.2, 0.25) is 18.1 Å². The van der Waals surface area contributed by atoms with Crippen molar-refractivity contribution in [3.05, 3.63) is 65.7 Å². The number of nitrogens with zero attached hydrogens (tertiary/aromatic N) is 1. The summed E-state index contributed by atoms with van der Waals surface area (Å²) >= 11 is 0. The Morgan fingerprint density at radius 3 is 2.00 bits per heavy atom. The lowest BCUT2D eigenvalue weighted by molar-refractivity contribution is -0.139. The lowest BCUT2D eigenvalue weighted by Gasteiger charge is -2.47. The molecule has 2 fully saturated rings. The molecule has 1 saturated heterocycles. The van der Waals surface area contributed by atoms with E-state index in [1.807, 2.05) is 12.1 Å². The van der Waals surface area contributed by atoms with Crippen molar-refractivity contribution < 1.29 is 14.0 Å². The fourth-order valence-corrected chi connectivity index (χ4v) is 6.87. The van der Waals surface area contributed by atoms with Crippen LogP contribution in [0.4, 0.5) is 0 Å². The Hall–Kier alpha value is -2.11. The molecule has 0 atom stereocenters. The molecule has 4 nitrogen and oxygen atoms in total. The third-order valence-corrected chi connectivity index (χ3v) is 13.9. The normalized spacial score (nSPS) is 19.8. The minimum atomic E-state index is -1.88. The molecule has 0 unspecified atom stereocenters. The minimum absolute atomic E-state index is 0.0451. The van der Waals surface area contributed by atoms with Gasteiger partial charge in [-0.3, -0.25) is 4.79 Å². The third kappa shape index (κ3) is 5.15. The van der Waals surface area contributed by atoms with E-state index in [2.05, 4.69) is 81.2 Å². The van der Waals surface area contributed by atoms with Gasteiger partial charge in [-0.25, -0.2) is 0 Å². The standard InChI is InChI=1S/C31H45NO3Si/c1-29(2,3)36(5,6)35-24-30(25-12-8-7-9-13-25)20-22-32(23-21-30)28(33)31(18-10-11-19-31)26-14-16-27(34-4)17-15-26/h7-9,12-17H,10-11,18-24H2,1-6H3. The van der Waals surface area contributed by atoms with Gasteiger partial charge in [-0.15, -0.1) is 0 Å². The predicted molar refractivity (Wildman–Crippen MR) is 150 cm³/mol. The molecule has 2 aromatic rings. The zero-order chi connectivity index (χ0) is 26.0.